The highest BCUT2D eigenvalue weighted by atomic mass is 35.5. The normalized spacial score (nSPS) is 13.0. The molecule has 1 aromatic carbocycles. The van der Waals surface area contributed by atoms with Gasteiger partial charge in [0.1, 0.15) is 6.33 Å². The van der Waals surface area contributed by atoms with E-state index in [9.17, 15) is 0 Å². The molecule has 0 aliphatic rings. The van der Waals surface area contributed by atoms with Crippen LogP contribution in [0.1, 0.15) is 18.7 Å². The van der Waals surface area contributed by atoms with Crippen LogP contribution in [0.3, 0.4) is 0 Å². The number of para-hydroxylation sites is 1. The molecule has 22 heavy (non-hydrogen) atoms. The Kier molecular flexibility index (Phi) is 3.04. The summed E-state index contributed by atoms with van der Waals surface area (Å²) in [6.45, 7) is 2.74. The lowest BCUT2D eigenvalue weighted by molar-refractivity contribution is 0.524. The monoisotopic (exact) mass is 312 g/mol. The fourth-order valence-corrected chi connectivity index (χ4v) is 2.66. The minimum Gasteiger partial charge on any atom is -0.270 e. The van der Waals surface area contributed by atoms with E-state index in [-0.39, 0.29) is 5.92 Å². The highest BCUT2D eigenvalue weighted by Crippen LogP contribution is 2.20. The lowest BCUT2D eigenvalue weighted by Gasteiger charge is -2.06. The maximum Gasteiger partial charge on any atom is 0.166 e. The van der Waals surface area contributed by atoms with E-state index < -0.39 is 0 Å². The Morgan fingerprint density at radius 1 is 1.27 bits per heavy atom. The van der Waals surface area contributed by atoms with Crippen molar-refractivity contribution in [3.8, 4) is 0 Å². The largest absolute Gasteiger partial charge is 0.270 e. The minimum atomic E-state index is 0.120. The molecule has 1 unspecified atom stereocenters. The van der Waals surface area contributed by atoms with Crippen molar-refractivity contribution in [1.29, 1.82) is 0 Å². The lowest BCUT2D eigenvalue weighted by Crippen LogP contribution is -2.08. The maximum absolute atomic E-state index is 5.89. The van der Waals surface area contributed by atoms with Crippen molar-refractivity contribution in [2.24, 2.45) is 0 Å². The number of benzene rings is 1. The van der Waals surface area contributed by atoms with Crippen LogP contribution in [0.5, 0.6) is 0 Å². The van der Waals surface area contributed by atoms with Crippen molar-refractivity contribution in [1.82, 2.24) is 29.4 Å². The van der Waals surface area contributed by atoms with Gasteiger partial charge in [0.15, 0.2) is 11.5 Å². The van der Waals surface area contributed by atoms with Gasteiger partial charge < -0.3 is 0 Å². The Morgan fingerprint density at radius 2 is 2.14 bits per heavy atom. The van der Waals surface area contributed by atoms with E-state index in [4.69, 9.17) is 11.6 Å². The molecule has 0 aliphatic carbocycles. The number of fused-ring (bicyclic) bond motifs is 3. The molecule has 0 fully saturated rings. The van der Waals surface area contributed by atoms with Crippen LogP contribution < -0.4 is 0 Å². The van der Waals surface area contributed by atoms with Gasteiger partial charge in [0.05, 0.1) is 23.3 Å². The predicted molar refractivity (Wildman–Crippen MR) is 83.9 cm³/mol. The van der Waals surface area contributed by atoms with Gasteiger partial charge in [0.2, 0.25) is 0 Å². The minimum absolute atomic E-state index is 0.120. The lowest BCUT2D eigenvalue weighted by atomic mass is 10.2. The summed E-state index contributed by atoms with van der Waals surface area (Å²) in [6, 6.07) is 7.92. The smallest absolute Gasteiger partial charge is 0.166 e. The Morgan fingerprint density at radius 3 is 2.95 bits per heavy atom. The molecule has 4 rings (SSSR count). The van der Waals surface area contributed by atoms with Crippen molar-refractivity contribution in [2.75, 3.05) is 0 Å². The van der Waals surface area contributed by atoms with Crippen LogP contribution in [0.2, 0.25) is 5.02 Å². The molecule has 7 heteroatoms. The van der Waals surface area contributed by atoms with Crippen LogP contribution in [-0.4, -0.2) is 29.4 Å². The zero-order valence-electron chi connectivity index (χ0n) is 11.9. The van der Waals surface area contributed by atoms with Crippen LogP contribution in [0, 0.1) is 0 Å². The summed E-state index contributed by atoms with van der Waals surface area (Å²) >= 11 is 5.89. The number of hydrogen-bond donors (Lipinski definition) is 0. The number of hydrogen-bond acceptors (Lipinski definition) is 4. The average molecular weight is 313 g/mol. The van der Waals surface area contributed by atoms with E-state index in [1.54, 1.807) is 27.9 Å². The summed E-state index contributed by atoms with van der Waals surface area (Å²) in [6.07, 6.45) is 5.12. The molecule has 110 valence electrons. The molecule has 0 aliphatic heterocycles. The number of aromatic nitrogens is 6. The molecular weight excluding hydrogens is 300 g/mol. The Balaban J connectivity index is 1.74. The van der Waals surface area contributed by atoms with Crippen molar-refractivity contribution >= 4 is 28.2 Å². The van der Waals surface area contributed by atoms with Crippen molar-refractivity contribution < 1.29 is 0 Å². The second-order valence-electron chi connectivity index (χ2n) is 5.28. The van der Waals surface area contributed by atoms with Gasteiger partial charge in [0.25, 0.3) is 0 Å². The molecule has 6 nitrogen and oxygen atoms in total. The fourth-order valence-electron chi connectivity index (χ4n) is 2.51. The van der Waals surface area contributed by atoms with Crippen LogP contribution in [0.15, 0.2) is 43.0 Å². The first-order valence-corrected chi connectivity index (χ1v) is 7.36. The zero-order valence-corrected chi connectivity index (χ0v) is 12.6. The summed E-state index contributed by atoms with van der Waals surface area (Å²) in [7, 11) is 0. The van der Waals surface area contributed by atoms with E-state index in [0.717, 1.165) is 22.4 Å². The molecule has 0 amide bonds. The van der Waals surface area contributed by atoms with Gasteiger partial charge in [-0.25, -0.2) is 14.5 Å². The fraction of sp³-hybridized carbons (Fsp3) is 0.200. The summed E-state index contributed by atoms with van der Waals surface area (Å²) in [4.78, 5) is 9.08. The van der Waals surface area contributed by atoms with Gasteiger partial charge in [-0.1, -0.05) is 30.7 Å². The third kappa shape index (κ3) is 2.21. The highest BCUT2D eigenvalue weighted by molar-refractivity contribution is 6.30. The Labute approximate surface area is 131 Å². The number of halogens is 1. The molecule has 4 aromatic rings. The summed E-state index contributed by atoms with van der Waals surface area (Å²) in [5.41, 5.74) is 1.74. The van der Waals surface area contributed by atoms with Crippen molar-refractivity contribution in [2.45, 2.75) is 19.4 Å². The quantitative estimate of drug-likeness (QED) is 0.583. The SMILES string of the molecule is CC(Cn1cc(Cl)cn1)c1nc2c3ccccc3ncn2n1. The maximum atomic E-state index is 5.89. The number of rotatable bonds is 3. The van der Waals surface area contributed by atoms with Gasteiger partial charge in [-0.2, -0.15) is 5.10 Å². The van der Waals surface area contributed by atoms with E-state index in [1.165, 1.54) is 0 Å². The van der Waals surface area contributed by atoms with E-state index in [0.29, 0.717) is 11.6 Å². The van der Waals surface area contributed by atoms with Gasteiger partial charge in [-0.3, -0.25) is 4.68 Å². The highest BCUT2D eigenvalue weighted by Gasteiger charge is 2.15. The second-order valence-corrected chi connectivity index (χ2v) is 5.72. The predicted octanol–water partition coefficient (Wildman–Crippen LogP) is 2.93. The summed E-state index contributed by atoms with van der Waals surface area (Å²) < 4.78 is 3.53. The molecule has 0 saturated carbocycles. The van der Waals surface area contributed by atoms with Crippen LogP contribution in [0.4, 0.5) is 0 Å². The molecule has 0 saturated heterocycles. The van der Waals surface area contributed by atoms with Gasteiger partial charge in [0, 0.05) is 17.5 Å². The first-order chi connectivity index (χ1) is 10.7. The summed E-state index contributed by atoms with van der Waals surface area (Å²) in [5, 5.41) is 10.4. The standard InChI is InChI=1S/C15H13ClN6/c1-10(7-21-8-11(16)6-18-21)14-19-15-12-4-2-3-5-13(12)17-9-22(15)20-14/h2-6,8-10H,7H2,1H3. The third-order valence-electron chi connectivity index (χ3n) is 3.60. The molecule has 0 spiro atoms. The molecule has 0 radical (unpaired) electrons. The van der Waals surface area contributed by atoms with Crippen LogP contribution in [0.25, 0.3) is 16.6 Å². The first kappa shape index (κ1) is 13.2. The average Bonchev–Trinajstić information content (AvgIpc) is 3.13. The van der Waals surface area contributed by atoms with Crippen LogP contribution in [-0.2, 0) is 6.54 Å². The van der Waals surface area contributed by atoms with Crippen LogP contribution >= 0.6 is 11.6 Å². The zero-order chi connectivity index (χ0) is 15.1. The van der Waals surface area contributed by atoms with Crippen molar-refractivity contribution in [3.63, 3.8) is 0 Å². The molecule has 3 aromatic heterocycles. The molecule has 0 bridgehead atoms. The third-order valence-corrected chi connectivity index (χ3v) is 3.80. The molecular formula is C15H13ClN6. The molecule has 3 heterocycles. The second kappa shape index (κ2) is 5.06. The Bertz CT molecular complexity index is 957. The number of nitrogens with zero attached hydrogens (tertiary/aromatic N) is 6. The van der Waals surface area contributed by atoms with Crippen molar-refractivity contribution in [3.05, 3.63) is 53.8 Å². The van der Waals surface area contributed by atoms with Gasteiger partial charge in [-0.15, -0.1) is 5.10 Å². The van der Waals surface area contributed by atoms with E-state index >= 15 is 0 Å². The molecule has 1 atom stereocenters. The summed E-state index contributed by atoms with van der Waals surface area (Å²) in [5.74, 6) is 0.888. The first-order valence-electron chi connectivity index (χ1n) is 6.99. The van der Waals surface area contributed by atoms with Gasteiger partial charge >= 0.3 is 0 Å². The van der Waals surface area contributed by atoms with E-state index in [1.807, 2.05) is 24.3 Å². The van der Waals surface area contributed by atoms with E-state index in [2.05, 4.69) is 27.1 Å². The topological polar surface area (TPSA) is 60.9 Å². The molecule has 0 N–H and O–H groups in total. The Hall–Kier alpha value is -2.47. The van der Waals surface area contributed by atoms with Gasteiger partial charge in [-0.05, 0) is 12.1 Å².